The number of halogens is 1. The molecule has 3 rings (SSSR count). The molecular formula is C16H19FN4O2. The molecular weight excluding hydrogens is 299 g/mol. The Morgan fingerprint density at radius 3 is 2.61 bits per heavy atom. The molecule has 0 aliphatic carbocycles. The van der Waals surface area contributed by atoms with Gasteiger partial charge in [-0.2, -0.15) is 5.10 Å². The fraction of sp³-hybridized carbons (Fsp3) is 0.375. The molecule has 0 saturated carbocycles. The Hall–Kier alpha value is -2.57. The summed E-state index contributed by atoms with van der Waals surface area (Å²) in [7, 11) is 3.26. The number of hydrogen-bond donors (Lipinski definition) is 0. The Morgan fingerprint density at radius 1 is 1.26 bits per heavy atom. The van der Waals surface area contributed by atoms with Gasteiger partial charge >= 0.3 is 0 Å². The van der Waals surface area contributed by atoms with Crippen molar-refractivity contribution >= 4 is 11.6 Å². The summed E-state index contributed by atoms with van der Waals surface area (Å²) in [6.45, 7) is 2.49. The summed E-state index contributed by atoms with van der Waals surface area (Å²) in [5, 5.41) is 4.16. The number of aryl methyl sites for hydroxylation is 1. The number of hydrogen-bond acceptors (Lipinski definition) is 4. The third-order valence-electron chi connectivity index (χ3n) is 4.04. The average molecular weight is 318 g/mol. The molecule has 0 N–H and O–H groups in total. The molecule has 1 aromatic carbocycles. The molecule has 1 saturated heterocycles. The van der Waals surface area contributed by atoms with Crippen LogP contribution >= 0.6 is 0 Å². The first-order chi connectivity index (χ1) is 11.1. The molecule has 1 amide bonds. The lowest BCUT2D eigenvalue weighted by molar-refractivity contribution is 0.0741. The van der Waals surface area contributed by atoms with Crippen LogP contribution in [-0.2, 0) is 7.05 Å². The van der Waals surface area contributed by atoms with Crippen LogP contribution in [0.2, 0.25) is 0 Å². The van der Waals surface area contributed by atoms with E-state index in [1.807, 2.05) is 13.2 Å². The smallest absolute Gasteiger partial charge is 0.257 e. The monoisotopic (exact) mass is 318 g/mol. The first-order valence-corrected chi connectivity index (χ1v) is 7.45. The van der Waals surface area contributed by atoms with E-state index in [2.05, 4.69) is 10.00 Å². The minimum absolute atomic E-state index is 0.0548. The summed E-state index contributed by atoms with van der Waals surface area (Å²) < 4.78 is 20.9. The zero-order valence-corrected chi connectivity index (χ0v) is 13.2. The number of amides is 1. The highest BCUT2D eigenvalue weighted by atomic mass is 19.1. The van der Waals surface area contributed by atoms with E-state index in [4.69, 9.17) is 4.74 Å². The van der Waals surface area contributed by atoms with Crippen LogP contribution in [0.3, 0.4) is 0 Å². The predicted molar refractivity (Wildman–Crippen MR) is 84.3 cm³/mol. The van der Waals surface area contributed by atoms with Crippen LogP contribution in [0.4, 0.5) is 10.1 Å². The summed E-state index contributed by atoms with van der Waals surface area (Å²) >= 11 is 0. The first-order valence-electron chi connectivity index (χ1n) is 7.45. The maximum Gasteiger partial charge on any atom is 0.257 e. The molecule has 0 unspecified atom stereocenters. The molecule has 0 spiro atoms. The van der Waals surface area contributed by atoms with Gasteiger partial charge in [0.15, 0.2) is 11.6 Å². The lowest BCUT2D eigenvalue weighted by atomic mass is 10.1. The van der Waals surface area contributed by atoms with Crippen molar-refractivity contribution in [1.82, 2.24) is 14.7 Å². The maximum atomic E-state index is 14.2. The zero-order chi connectivity index (χ0) is 16.4. The molecule has 1 aliphatic rings. The first kappa shape index (κ1) is 15.3. The molecule has 2 aromatic rings. The number of rotatable bonds is 3. The van der Waals surface area contributed by atoms with E-state index in [0.29, 0.717) is 26.2 Å². The average Bonchev–Trinajstić information content (AvgIpc) is 3.01. The highest BCUT2D eigenvalue weighted by Crippen LogP contribution is 2.22. The molecule has 122 valence electrons. The van der Waals surface area contributed by atoms with E-state index in [1.165, 1.54) is 19.2 Å². The number of piperazine rings is 1. The third kappa shape index (κ3) is 2.99. The molecule has 2 heterocycles. The molecule has 0 radical (unpaired) electrons. The Balaban J connectivity index is 1.69. The third-order valence-corrected chi connectivity index (χ3v) is 4.04. The van der Waals surface area contributed by atoms with Crippen molar-refractivity contribution in [2.24, 2.45) is 7.05 Å². The summed E-state index contributed by atoms with van der Waals surface area (Å²) in [6.07, 6.45) is 3.75. The number of carbonyl (C=O) groups is 1. The highest BCUT2D eigenvalue weighted by Gasteiger charge is 2.25. The molecule has 1 aromatic heterocycles. The van der Waals surface area contributed by atoms with Gasteiger partial charge < -0.3 is 14.5 Å². The minimum Gasteiger partial charge on any atom is -0.494 e. The van der Waals surface area contributed by atoms with Crippen LogP contribution in [0, 0.1) is 5.82 Å². The van der Waals surface area contributed by atoms with Crippen molar-refractivity contribution in [3.05, 3.63) is 42.0 Å². The fourth-order valence-electron chi connectivity index (χ4n) is 2.74. The molecule has 23 heavy (non-hydrogen) atoms. The van der Waals surface area contributed by atoms with Gasteiger partial charge in [0.1, 0.15) is 0 Å². The van der Waals surface area contributed by atoms with Crippen LogP contribution < -0.4 is 9.64 Å². The van der Waals surface area contributed by atoms with Gasteiger partial charge in [-0.25, -0.2) is 4.39 Å². The number of benzene rings is 1. The molecule has 0 atom stereocenters. The van der Waals surface area contributed by atoms with E-state index in [-0.39, 0.29) is 17.2 Å². The zero-order valence-electron chi connectivity index (χ0n) is 13.2. The van der Waals surface area contributed by atoms with Gasteiger partial charge in [0.2, 0.25) is 0 Å². The fourth-order valence-corrected chi connectivity index (χ4v) is 2.74. The largest absolute Gasteiger partial charge is 0.494 e. The van der Waals surface area contributed by atoms with Crippen molar-refractivity contribution in [3.8, 4) is 5.75 Å². The van der Waals surface area contributed by atoms with Gasteiger partial charge in [-0.3, -0.25) is 9.48 Å². The Kier molecular flexibility index (Phi) is 4.18. The van der Waals surface area contributed by atoms with Crippen molar-refractivity contribution in [2.45, 2.75) is 0 Å². The summed E-state index contributed by atoms with van der Waals surface area (Å²) in [6, 6.07) is 4.63. The van der Waals surface area contributed by atoms with Crippen molar-refractivity contribution in [3.63, 3.8) is 0 Å². The molecule has 1 aliphatic heterocycles. The standard InChI is InChI=1S/C16H19FN4O2/c1-19-11-12(10-18-19)20-6-8-21(9-7-20)16(22)13-4-3-5-14(23-2)15(13)17/h3-5,10-11H,6-9H2,1-2H3. The topological polar surface area (TPSA) is 50.6 Å². The molecule has 0 bridgehead atoms. The Morgan fingerprint density at radius 2 is 2.00 bits per heavy atom. The van der Waals surface area contributed by atoms with E-state index in [1.54, 1.807) is 21.8 Å². The van der Waals surface area contributed by atoms with Gasteiger partial charge in [0.05, 0.1) is 24.6 Å². The highest BCUT2D eigenvalue weighted by molar-refractivity contribution is 5.95. The van der Waals surface area contributed by atoms with Gasteiger partial charge in [0.25, 0.3) is 5.91 Å². The van der Waals surface area contributed by atoms with E-state index in [0.717, 1.165) is 5.69 Å². The van der Waals surface area contributed by atoms with Crippen molar-refractivity contribution in [2.75, 3.05) is 38.2 Å². The van der Waals surface area contributed by atoms with Crippen LogP contribution in [0.25, 0.3) is 0 Å². The van der Waals surface area contributed by atoms with Crippen molar-refractivity contribution in [1.29, 1.82) is 0 Å². The second kappa shape index (κ2) is 6.28. The molecule has 7 heteroatoms. The maximum absolute atomic E-state index is 14.2. The van der Waals surface area contributed by atoms with Crippen LogP contribution in [0.5, 0.6) is 5.75 Å². The lowest BCUT2D eigenvalue weighted by Gasteiger charge is -2.35. The van der Waals surface area contributed by atoms with Gasteiger partial charge in [0, 0.05) is 39.4 Å². The second-order valence-corrected chi connectivity index (χ2v) is 5.47. The molecule has 1 fully saturated rings. The van der Waals surface area contributed by atoms with Crippen molar-refractivity contribution < 1.29 is 13.9 Å². The lowest BCUT2D eigenvalue weighted by Crippen LogP contribution is -2.48. The van der Waals surface area contributed by atoms with Gasteiger partial charge in [-0.05, 0) is 12.1 Å². The van der Waals surface area contributed by atoms with Gasteiger partial charge in [-0.15, -0.1) is 0 Å². The van der Waals surface area contributed by atoms with E-state index >= 15 is 0 Å². The second-order valence-electron chi connectivity index (χ2n) is 5.47. The summed E-state index contributed by atoms with van der Waals surface area (Å²) in [5.41, 5.74) is 1.09. The predicted octanol–water partition coefficient (Wildman–Crippen LogP) is 1.53. The number of anilines is 1. The minimum atomic E-state index is -0.602. The number of aromatic nitrogens is 2. The SMILES string of the molecule is COc1cccc(C(=O)N2CCN(c3cnn(C)c3)CC2)c1F. The Bertz CT molecular complexity index is 708. The quantitative estimate of drug-likeness (QED) is 0.861. The molecule has 6 nitrogen and oxygen atoms in total. The summed E-state index contributed by atoms with van der Waals surface area (Å²) in [4.78, 5) is 16.4. The number of carbonyl (C=O) groups excluding carboxylic acids is 1. The number of nitrogens with zero attached hydrogens (tertiary/aromatic N) is 4. The van der Waals surface area contributed by atoms with Crippen LogP contribution in [-0.4, -0.2) is 53.9 Å². The van der Waals surface area contributed by atoms with Crippen LogP contribution in [0.15, 0.2) is 30.6 Å². The van der Waals surface area contributed by atoms with Gasteiger partial charge in [-0.1, -0.05) is 6.07 Å². The van der Waals surface area contributed by atoms with E-state index in [9.17, 15) is 9.18 Å². The Labute approximate surface area is 134 Å². The number of ether oxygens (including phenoxy) is 1. The van der Waals surface area contributed by atoms with E-state index < -0.39 is 5.82 Å². The van der Waals surface area contributed by atoms with Crippen LogP contribution in [0.1, 0.15) is 10.4 Å². The normalized spacial score (nSPS) is 14.9. The number of methoxy groups -OCH3 is 1. The summed E-state index contributed by atoms with van der Waals surface area (Å²) in [5.74, 6) is -0.813.